The fourth-order valence-electron chi connectivity index (χ4n) is 17.5. The molecule has 0 aliphatic rings. The Kier molecular flexibility index (Phi) is 55.6. The Morgan fingerprint density at radius 2 is 0.193 bits per heavy atom. The maximum absolute atomic E-state index is 6.02. The summed E-state index contributed by atoms with van der Waals surface area (Å²) in [5.41, 5.74) is 24.4. The molecule has 0 heterocycles. The zero-order valence-corrected chi connectivity index (χ0v) is 76.3. The lowest BCUT2D eigenvalue weighted by Crippen LogP contribution is -2.03. The largest absolute Gasteiger partial charge is 0.127 e. The van der Waals surface area contributed by atoms with Crippen LogP contribution in [0.2, 0.25) is 0 Å². The van der Waals surface area contributed by atoms with E-state index in [4.69, 9.17) is 69.6 Å². The van der Waals surface area contributed by atoms with Crippen molar-refractivity contribution in [3.63, 3.8) is 0 Å². The van der Waals surface area contributed by atoms with Crippen LogP contribution in [0.4, 0.5) is 0 Å². The highest BCUT2D eigenvalue weighted by Crippen LogP contribution is 2.56. The predicted molar refractivity (Wildman–Crippen MR) is 515 cm³/mol. The standard InChI is InChI=1S/C108H156Cl6/c109-85-49-37-25-13-1-7-19-31-43-55-91-61-73-97(74-62-91)103-104(98-75-63-92(64-76-98)56-44-32-20-8-2-14-26-38-50-86-110)106(100-79-67-94(68-80-100)58-46-34-22-10-4-16-28-40-52-88-112)108(102-83-71-96(72-84-102)60-48-36-24-12-6-18-30-42-54-90-114)107(101-81-69-95(70-82-101)59-47-35-23-11-5-17-29-41-53-89-113)105(103)99-77-65-93(66-78-99)57-45-33-21-9-3-15-27-39-51-87-111/h61-84H,1-60,85-90H2. The lowest BCUT2D eigenvalue weighted by molar-refractivity contribution is 0.565. The monoisotopic (exact) mass is 1660 g/mol. The Morgan fingerprint density at radius 1 is 0.105 bits per heavy atom. The van der Waals surface area contributed by atoms with Crippen LogP contribution in [0.3, 0.4) is 0 Å². The van der Waals surface area contributed by atoms with Crippen LogP contribution in [-0.4, -0.2) is 35.3 Å². The van der Waals surface area contributed by atoms with E-state index in [-0.39, 0.29) is 0 Å². The van der Waals surface area contributed by atoms with E-state index < -0.39 is 0 Å². The molecule has 0 saturated heterocycles. The van der Waals surface area contributed by atoms with Gasteiger partial charge < -0.3 is 0 Å². The average Bonchev–Trinajstić information content (AvgIpc) is 0.715. The molecule has 0 aliphatic heterocycles. The van der Waals surface area contributed by atoms with Crippen molar-refractivity contribution in [1.29, 1.82) is 0 Å². The first-order chi connectivity index (χ1) is 56.5. The van der Waals surface area contributed by atoms with Gasteiger partial charge in [0.15, 0.2) is 0 Å². The summed E-state index contributed by atoms with van der Waals surface area (Å²) in [4.78, 5) is 0. The van der Waals surface area contributed by atoms with Crippen LogP contribution in [0.5, 0.6) is 0 Å². The maximum Gasteiger partial charge on any atom is 0.0223 e. The molecule has 0 spiro atoms. The van der Waals surface area contributed by atoms with Crippen molar-refractivity contribution >= 4 is 69.6 Å². The highest BCUT2D eigenvalue weighted by atomic mass is 35.5. The second kappa shape index (κ2) is 65.1. The summed E-state index contributed by atoms with van der Waals surface area (Å²) in [5, 5.41) is 0. The topological polar surface area (TPSA) is 0 Å². The van der Waals surface area contributed by atoms with Gasteiger partial charge in [0.1, 0.15) is 0 Å². The molecular formula is C108H156Cl6. The van der Waals surface area contributed by atoms with Gasteiger partial charge in [0.2, 0.25) is 0 Å². The Hall–Kier alpha value is -3.72. The van der Waals surface area contributed by atoms with Crippen molar-refractivity contribution in [2.24, 2.45) is 0 Å². The molecular weight excluding hydrogens is 1510 g/mol. The van der Waals surface area contributed by atoms with Gasteiger partial charge in [-0.3, -0.25) is 0 Å². The minimum atomic E-state index is 0.791. The van der Waals surface area contributed by atoms with Gasteiger partial charge in [-0.15, -0.1) is 69.6 Å². The molecule has 0 amide bonds. The van der Waals surface area contributed by atoms with E-state index in [1.165, 1.54) is 408 Å². The minimum Gasteiger partial charge on any atom is -0.127 e. The van der Waals surface area contributed by atoms with E-state index in [0.717, 1.165) is 112 Å². The Balaban J connectivity index is 1.39. The summed E-state index contributed by atoms with van der Waals surface area (Å²) in [6.07, 6.45) is 76.0. The number of rotatable bonds is 72. The van der Waals surface area contributed by atoms with E-state index in [2.05, 4.69) is 146 Å². The molecule has 630 valence electrons. The Labute approximate surface area is 730 Å². The second-order valence-corrected chi connectivity index (χ2v) is 36.4. The zero-order valence-electron chi connectivity index (χ0n) is 71.8. The SMILES string of the molecule is ClCCCCCCCCCCCc1ccc(-c2c(-c3ccc(CCCCCCCCCCCCl)cc3)c(-c3ccc(CCCCCCCCCCCCl)cc3)c(-c3ccc(CCCCCCCCCCCCl)cc3)c(-c3ccc(CCCCCCCCCCCCl)cc3)c2-c2ccc(CCCCCCCCCCCCl)cc2)cc1. The highest BCUT2D eigenvalue weighted by Gasteiger charge is 2.30. The van der Waals surface area contributed by atoms with Crippen LogP contribution < -0.4 is 0 Å². The van der Waals surface area contributed by atoms with Crippen LogP contribution >= 0.6 is 69.6 Å². The van der Waals surface area contributed by atoms with Crippen LogP contribution in [-0.2, 0) is 38.5 Å². The molecule has 0 aromatic heterocycles. The Morgan fingerprint density at radius 3 is 0.289 bits per heavy atom. The quantitative estimate of drug-likeness (QED) is 0.0263. The van der Waals surface area contributed by atoms with Crippen molar-refractivity contribution in [3.8, 4) is 66.8 Å². The molecule has 7 aromatic rings. The van der Waals surface area contributed by atoms with Crippen molar-refractivity contribution in [3.05, 3.63) is 179 Å². The summed E-state index contributed by atoms with van der Waals surface area (Å²) >= 11 is 36.1. The summed E-state index contributed by atoms with van der Waals surface area (Å²) in [5.74, 6) is 4.75. The number of halogens is 6. The fourth-order valence-corrected chi connectivity index (χ4v) is 18.6. The van der Waals surface area contributed by atoms with E-state index in [9.17, 15) is 0 Å². The van der Waals surface area contributed by atoms with Gasteiger partial charge in [-0.25, -0.2) is 0 Å². The minimum absolute atomic E-state index is 0.791. The third-order valence-corrected chi connectivity index (χ3v) is 26.2. The van der Waals surface area contributed by atoms with Crippen molar-refractivity contribution in [1.82, 2.24) is 0 Å². The predicted octanol–water partition coefficient (Wildman–Crippen LogP) is 37.4. The molecule has 0 saturated carbocycles. The van der Waals surface area contributed by atoms with E-state index >= 15 is 0 Å². The number of hydrogen-bond acceptors (Lipinski definition) is 0. The van der Waals surface area contributed by atoms with Gasteiger partial charge in [-0.1, -0.05) is 415 Å². The van der Waals surface area contributed by atoms with Gasteiger partial charge in [0.25, 0.3) is 0 Å². The third-order valence-electron chi connectivity index (χ3n) is 24.6. The van der Waals surface area contributed by atoms with Gasteiger partial charge >= 0.3 is 0 Å². The second-order valence-electron chi connectivity index (χ2n) is 34.2. The number of aryl methyl sites for hydroxylation is 6. The summed E-state index contributed by atoms with van der Waals surface area (Å²) in [6, 6.07) is 60.4. The molecule has 0 unspecified atom stereocenters. The van der Waals surface area contributed by atoms with Crippen LogP contribution in [0, 0.1) is 0 Å². The number of unbranched alkanes of at least 4 members (excludes halogenated alkanes) is 48. The molecule has 7 rings (SSSR count). The first-order valence-electron chi connectivity index (χ1n) is 47.7. The summed E-state index contributed by atoms with van der Waals surface area (Å²) in [7, 11) is 0. The molecule has 0 aliphatic carbocycles. The van der Waals surface area contributed by atoms with Gasteiger partial charge in [0.05, 0.1) is 0 Å². The van der Waals surface area contributed by atoms with Crippen LogP contribution in [0.1, 0.15) is 380 Å². The third kappa shape index (κ3) is 40.1. The van der Waals surface area contributed by atoms with Crippen LogP contribution in [0.15, 0.2) is 146 Å². The average molecular weight is 1670 g/mol. The van der Waals surface area contributed by atoms with Crippen molar-refractivity contribution in [2.45, 2.75) is 385 Å². The molecule has 0 fully saturated rings. The number of hydrogen-bond donors (Lipinski definition) is 0. The van der Waals surface area contributed by atoms with Crippen molar-refractivity contribution < 1.29 is 0 Å². The molecule has 0 atom stereocenters. The number of benzene rings is 7. The maximum atomic E-state index is 6.02. The number of alkyl halides is 6. The van der Waals surface area contributed by atoms with Gasteiger partial charge in [-0.05, 0) is 216 Å². The lowest BCUT2D eigenvalue weighted by atomic mass is 9.73. The first kappa shape index (κ1) is 97.4. The molecule has 0 N–H and O–H groups in total. The van der Waals surface area contributed by atoms with E-state index in [1.807, 2.05) is 0 Å². The normalized spacial score (nSPS) is 11.6. The lowest BCUT2D eigenvalue weighted by Gasteiger charge is -2.29. The Bertz CT molecular complexity index is 2810. The fraction of sp³-hybridized carbons (Fsp3) is 0.611. The molecule has 0 bridgehead atoms. The first-order valence-corrected chi connectivity index (χ1v) is 50.9. The van der Waals surface area contributed by atoms with E-state index in [0.29, 0.717) is 0 Å². The summed E-state index contributed by atoms with van der Waals surface area (Å²) in [6.45, 7) is 0. The zero-order chi connectivity index (χ0) is 80.0. The van der Waals surface area contributed by atoms with Gasteiger partial charge in [0, 0.05) is 35.3 Å². The van der Waals surface area contributed by atoms with Gasteiger partial charge in [-0.2, -0.15) is 0 Å². The molecule has 0 nitrogen and oxygen atoms in total. The molecule has 7 aromatic carbocycles. The summed E-state index contributed by atoms with van der Waals surface area (Å²) < 4.78 is 0. The van der Waals surface area contributed by atoms with Crippen LogP contribution in [0.25, 0.3) is 66.8 Å². The highest BCUT2D eigenvalue weighted by molar-refractivity contribution is 6.19. The molecule has 114 heavy (non-hydrogen) atoms. The van der Waals surface area contributed by atoms with E-state index in [1.54, 1.807) is 0 Å². The molecule has 0 radical (unpaired) electrons. The van der Waals surface area contributed by atoms with Crippen molar-refractivity contribution in [2.75, 3.05) is 35.3 Å². The molecule has 6 heteroatoms. The smallest absolute Gasteiger partial charge is 0.0223 e.